The van der Waals surface area contributed by atoms with Crippen molar-refractivity contribution in [3.63, 3.8) is 0 Å². The van der Waals surface area contributed by atoms with Crippen LogP contribution in [0.4, 0.5) is 0 Å². The number of hydrogen-bond acceptors (Lipinski definition) is 18. The van der Waals surface area contributed by atoms with Crippen LogP contribution in [-0.2, 0) is 23.7 Å². The number of hydrogen-bond donors (Lipinski definition) is 13. The lowest BCUT2D eigenvalue weighted by Gasteiger charge is -2.50. The SMILES string of the molecule is NCC[C@H](O)C(=O)C[C@@H]1C[C@H](N)C(O[C@H]2O[C@H](CN)[C@@H](O)[C@H](O)[C@H]2NC2CNC2)[C@H](O)[C@H]1O[C@H]1O[C@H](CO)[C@@H](O)[C@H](N)[C@H]1O. The summed E-state index contributed by atoms with van der Waals surface area (Å²) < 4.78 is 23.7. The Hall–Kier alpha value is -1.01. The molecule has 44 heavy (non-hydrogen) atoms. The average Bonchev–Trinajstić information content (AvgIpc) is 2.97. The molecule has 3 saturated heterocycles. The quantitative estimate of drug-likeness (QED) is 0.0890. The molecule has 0 aromatic carbocycles. The summed E-state index contributed by atoms with van der Waals surface area (Å²) in [6, 6.07) is -3.16. The van der Waals surface area contributed by atoms with Crippen molar-refractivity contribution in [3.8, 4) is 0 Å². The fraction of sp³-hybridized carbons (Fsp3) is 0.962. The van der Waals surface area contributed by atoms with Crippen molar-refractivity contribution in [2.75, 3.05) is 32.8 Å². The summed E-state index contributed by atoms with van der Waals surface area (Å²) in [6.45, 7) is 0.506. The van der Waals surface area contributed by atoms with Gasteiger partial charge >= 0.3 is 0 Å². The van der Waals surface area contributed by atoms with Crippen LogP contribution >= 0.6 is 0 Å². The molecule has 0 radical (unpaired) electrons. The third kappa shape index (κ3) is 7.75. The molecule has 0 bridgehead atoms. The molecule has 18 heteroatoms. The summed E-state index contributed by atoms with van der Waals surface area (Å²) in [6.07, 6.45) is -16.2. The van der Waals surface area contributed by atoms with Crippen molar-refractivity contribution in [1.82, 2.24) is 10.6 Å². The molecule has 3 heterocycles. The topological polar surface area (TPSA) is 324 Å². The first-order chi connectivity index (χ1) is 20.9. The second-order valence-electron chi connectivity index (χ2n) is 12.2. The predicted molar refractivity (Wildman–Crippen MR) is 150 cm³/mol. The minimum Gasteiger partial charge on any atom is -0.394 e. The molecule has 1 saturated carbocycles. The minimum absolute atomic E-state index is 0.0210. The Morgan fingerprint density at radius 2 is 1.57 bits per heavy atom. The summed E-state index contributed by atoms with van der Waals surface area (Å²) >= 11 is 0. The van der Waals surface area contributed by atoms with Gasteiger partial charge in [0.1, 0.15) is 54.9 Å². The molecule has 17 N–H and O–H groups in total. The number of Topliss-reactive ketones (excluding diaryl/α,β-unsaturated/α-hetero) is 1. The lowest BCUT2D eigenvalue weighted by Crippen LogP contribution is -2.71. The smallest absolute Gasteiger partial charge is 0.186 e. The summed E-state index contributed by atoms with van der Waals surface area (Å²) in [7, 11) is 0. The van der Waals surface area contributed by atoms with E-state index >= 15 is 0 Å². The van der Waals surface area contributed by atoms with Gasteiger partial charge in [-0.1, -0.05) is 0 Å². The maximum absolute atomic E-state index is 12.8. The van der Waals surface area contributed by atoms with Crippen LogP contribution in [0.25, 0.3) is 0 Å². The van der Waals surface area contributed by atoms with Gasteiger partial charge in [-0.15, -0.1) is 0 Å². The van der Waals surface area contributed by atoms with Crippen LogP contribution in [0, 0.1) is 5.92 Å². The lowest BCUT2D eigenvalue weighted by molar-refractivity contribution is -0.325. The number of nitrogens with two attached hydrogens (primary N) is 4. The van der Waals surface area contributed by atoms with Crippen molar-refractivity contribution >= 4 is 5.78 Å². The molecular formula is C26H50N6O12. The molecule has 256 valence electrons. The molecule has 1 unspecified atom stereocenters. The Labute approximate surface area is 254 Å². The van der Waals surface area contributed by atoms with Crippen LogP contribution in [0.1, 0.15) is 19.3 Å². The second-order valence-corrected chi connectivity index (χ2v) is 12.2. The van der Waals surface area contributed by atoms with E-state index in [9.17, 15) is 40.5 Å². The van der Waals surface area contributed by atoms with E-state index in [1.807, 2.05) is 0 Å². The summed E-state index contributed by atoms with van der Waals surface area (Å²) in [5.41, 5.74) is 23.7. The molecule has 0 aromatic heterocycles. The zero-order valence-electron chi connectivity index (χ0n) is 24.5. The third-order valence-electron chi connectivity index (χ3n) is 9.07. The minimum atomic E-state index is -1.58. The molecule has 4 fully saturated rings. The van der Waals surface area contributed by atoms with Gasteiger partial charge in [0.2, 0.25) is 0 Å². The first-order valence-corrected chi connectivity index (χ1v) is 15.1. The highest BCUT2D eigenvalue weighted by molar-refractivity contribution is 5.83. The maximum Gasteiger partial charge on any atom is 0.186 e. The molecule has 0 aromatic rings. The normalized spacial score (nSPS) is 45.9. The molecule has 4 rings (SSSR count). The summed E-state index contributed by atoms with van der Waals surface area (Å²) in [5, 5.41) is 80.3. The number of ether oxygens (including phenoxy) is 4. The molecular weight excluding hydrogens is 588 g/mol. The number of ketones is 1. The van der Waals surface area contributed by atoms with Crippen molar-refractivity contribution in [3.05, 3.63) is 0 Å². The van der Waals surface area contributed by atoms with Crippen LogP contribution in [0.5, 0.6) is 0 Å². The number of carbonyl (C=O) groups is 1. The summed E-state index contributed by atoms with van der Waals surface area (Å²) in [4.78, 5) is 12.8. The predicted octanol–water partition coefficient (Wildman–Crippen LogP) is -7.76. The Morgan fingerprint density at radius 3 is 2.16 bits per heavy atom. The van der Waals surface area contributed by atoms with E-state index in [1.54, 1.807) is 0 Å². The highest BCUT2D eigenvalue weighted by Gasteiger charge is 2.53. The van der Waals surface area contributed by atoms with Gasteiger partial charge < -0.3 is 88.3 Å². The Morgan fingerprint density at radius 1 is 0.909 bits per heavy atom. The number of aliphatic hydroxyl groups excluding tert-OH is 7. The van der Waals surface area contributed by atoms with Crippen LogP contribution < -0.4 is 33.6 Å². The van der Waals surface area contributed by atoms with E-state index in [4.69, 9.17) is 41.9 Å². The van der Waals surface area contributed by atoms with Crippen molar-refractivity contribution in [2.45, 2.75) is 117 Å². The van der Waals surface area contributed by atoms with E-state index in [-0.39, 0.29) is 38.4 Å². The number of nitrogens with one attached hydrogen (secondary N) is 2. The van der Waals surface area contributed by atoms with E-state index in [2.05, 4.69) is 10.6 Å². The third-order valence-corrected chi connectivity index (χ3v) is 9.07. The van der Waals surface area contributed by atoms with Gasteiger partial charge in [-0.05, 0) is 25.3 Å². The maximum atomic E-state index is 12.8. The number of carbonyl (C=O) groups excluding carboxylic acids is 1. The van der Waals surface area contributed by atoms with Crippen LogP contribution in [0.2, 0.25) is 0 Å². The molecule has 18 nitrogen and oxygen atoms in total. The zero-order valence-corrected chi connectivity index (χ0v) is 24.5. The van der Waals surface area contributed by atoms with E-state index < -0.39 is 110 Å². The van der Waals surface area contributed by atoms with Gasteiger partial charge in [-0.3, -0.25) is 4.79 Å². The van der Waals surface area contributed by atoms with Gasteiger partial charge in [0.15, 0.2) is 18.4 Å². The molecule has 0 spiro atoms. The van der Waals surface area contributed by atoms with Crippen LogP contribution in [0.15, 0.2) is 0 Å². The molecule has 4 aliphatic rings. The Bertz CT molecular complexity index is 923. The first kappa shape index (κ1) is 35.8. The monoisotopic (exact) mass is 638 g/mol. The van der Waals surface area contributed by atoms with Gasteiger partial charge in [0.05, 0.1) is 24.8 Å². The Kier molecular flexibility index (Phi) is 12.8. The number of aliphatic hydroxyl groups is 7. The lowest BCUT2D eigenvalue weighted by atomic mass is 9.76. The Balaban J connectivity index is 1.58. The van der Waals surface area contributed by atoms with E-state index in [0.717, 1.165) is 0 Å². The van der Waals surface area contributed by atoms with Crippen LogP contribution in [0.3, 0.4) is 0 Å². The second kappa shape index (κ2) is 15.7. The van der Waals surface area contributed by atoms with Gasteiger partial charge in [-0.25, -0.2) is 0 Å². The molecule has 0 amide bonds. The summed E-state index contributed by atoms with van der Waals surface area (Å²) in [5.74, 6) is -1.37. The van der Waals surface area contributed by atoms with E-state index in [1.165, 1.54) is 0 Å². The van der Waals surface area contributed by atoms with Gasteiger partial charge in [0.25, 0.3) is 0 Å². The van der Waals surface area contributed by atoms with Gasteiger partial charge in [-0.2, -0.15) is 0 Å². The molecule has 1 aliphatic carbocycles. The van der Waals surface area contributed by atoms with Crippen molar-refractivity contribution < 1.29 is 59.5 Å². The highest BCUT2D eigenvalue weighted by Crippen LogP contribution is 2.36. The number of rotatable bonds is 13. The standard InChI is InChI=1S/C26H50N6O12/c27-2-1-12(34)13(35)4-9-3-11(29)24(22(40)23(9)43-26-20(38)16(30)18(36)15(8-33)42-26)44-25-17(32-10-6-31-7-10)21(39)19(37)14(5-28)41-25/h9-12,14-26,31-34,36-40H,1-8,27-30H2/t9-,11-,12-,14+,15+,16-,17+,18+,19+,20+,21+,22+,23-,24?,25+,26+/m0/s1. The fourth-order valence-electron chi connectivity index (χ4n) is 6.26. The van der Waals surface area contributed by atoms with E-state index in [0.29, 0.717) is 13.1 Å². The highest BCUT2D eigenvalue weighted by atomic mass is 16.7. The van der Waals surface area contributed by atoms with Crippen molar-refractivity contribution in [2.24, 2.45) is 28.9 Å². The average molecular weight is 639 g/mol. The van der Waals surface area contributed by atoms with Crippen molar-refractivity contribution in [1.29, 1.82) is 0 Å². The van der Waals surface area contributed by atoms with Crippen LogP contribution in [-0.4, -0.2) is 172 Å². The zero-order chi connectivity index (χ0) is 32.3. The first-order valence-electron chi connectivity index (χ1n) is 15.1. The fourth-order valence-corrected chi connectivity index (χ4v) is 6.26. The van der Waals surface area contributed by atoms with Gasteiger partial charge in [0, 0.05) is 38.1 Å². The largest absolute Gasteiger partial charge is 0.394 e. The molecule has 3 aliphatic heterocycles. The molecule has 16 atom stereocenters.